The lowest BCUT2D eigenvalue weighted by Gasteiger charge is -2.36. The van der Waals surface area contributed by atoms with Gasteiger partial charge in [-0.15, -0.1) is 0 Å². The highest BCUT2D eigenvalue weighted by Crippen LogP contribution is 2.38. The number of para-hydroxylation sites is 1. The van der Waals surface area contributed by atoms with E-state index in [2.05, 4.69) is 16.0 Å². The third-order valence-corrected chi connectivity index (χ3v) is 6.90. The Labute approximate surface area is 199 Å². The van der Waals surface area contributed by atoms with Crippen LogP contribution in [-0.2, 0) is 9.59 Å². The molecular formula is C26H30N4O4. The van der Waals surface area contributed by atoms with Crippen molar-refractivity contribution < 1.29 is 19.2 Å². The van der Waals surface area contributed by atoms with Gasteiger partial charge in [-0.1, -0.05) is 62.2 Å². The fourth-order valence-electron chi connectivity index (χ4n) is 4.86. The average molecular weight is 463 g/mol. The van der Waals surface area contributed by atoms with Crippen LogP contribution in [-0.4, -0.2) is 40.7 Å². The van der Waals surface area contributed by atoms with E-state index < -0.39 is 24.0 Å². The summed E-state index contributed by atoms with van der Waals surface area (Å²) in [5.74, 6) is -1.21. The van der Waals surface area contributed by atoms with Crippen molar-refractivity contribution in [1.82, 2.24) is 15.5 Å². The molecule has 1 aliphatic heterocycles. The second-order valence-electron chi connectivity index (χ2n) is 9.14. The largest absolute Gasteiger partial charge is 0.345 e. The molecule has 1 saturated carbocycles. The van der Waals surface area contributed by atoms with Gasteiger partial charge in [-0.2, -0.15) is 0 Å². The smallest absolute Gasteiger partial charge is 0.325 e. The first kappa shape index (κ1) is 23.5. The average Bonchev–Trinajstić information content (AvgIpc) is 3.06. The van der Waals surface area contributed by atoms with Gasteiger partial charge in [-0.05, 0) is 43.4 Å². The first-order chi connectivity index (χ1) is 16.3. The maximum atomic E-state index is 13.1. The van der Waals surface area contributed by atoms with Crippen LogP contribution in [0.15, 0.2) is 54.6 Å². The molecule has 178 valence electrons. The zero-order valence-electron chi connectivity index (χ0n) is 19.5. The number of benzene rings is 2. The second-order valence-corrected chi connectivity index (χ2v) is 9.14. The molecule has 5 amide bonds. The Balaban J connectivity index is 1.43. The van der Waals surface area contributed by atoms with Crippen molar-refractivity contribution in [3.05, 3.63) is 65.7 Å². The fraction of sp³-hybridized carbons (Fsp3) is 0.385. The maximum Gasteiger partial charge on any atom is 0.325 e. The van der Waals surface area contributed by atoms with Crippen LogP contribution in [0.1, 0.15) is 61.5 Å². The highest BCUT2D eigenvalue weighted by Gasteiger charge is 2.55. The molecule has 3 atom stereocenters. The number of rotatable bonds is 6. The molecule has 2 aliphatic rings. The number of hydrogen-bond acceptors (Lipinski definition) is 4. The highest BCUT2D eigenvalue weighted by molar-refractivity contribution is 6.11. The summed E-state index contributed by atoms with van der Waals surface area (Å²) in [4.78, 5) is 52.4. The maximum absolute atomic E-state index is 13.1. The molecule has 1 saturated heterocycles. The number of nitrogens with zero attached hydrogens (tertiary/aromatic N) is 1. The highest BCUT2D eigenvalue weighted by atomic mass is 16.2. The zero-order valence-corrected chi connectivity index (χ0v) is 19.5. The third kappa shape index (κ3) is 4.53. The molecule has 34 heavy (non-hydrogen) atoms. The molecule has 0 bridgehead atoms. The topological polar surface area (TPSA) is 108 Å². The lowest BCUT2D eigenvalue weighted by molar-refractivity contribution is -0.136. The molecule has 1 heterocycles. The second kappa shape index (κ2) is 9.67. The molecule has 4 rings (SSSR count). The Morgan fingerprint density at radius 1 is 1.09 bits per heavy atom. The van der Waals surface area contributed by atoms with E-state index in [4.69, 9.17) is 0 Å². The van der Waals surface area contributed by atoms with E-state index in [-0.39, 0.29) is 23.8 Å². The van der Waals surface area contributed by atoms with Gasteiger partial charge in [0.15, 0.2) is 0 Å². The van der Waals surface area contributed by atoms with Crippen LogP contribution in [0, 0.1) is 5.92 Å². The van der Waals surface area contributed by atoms with Gasteiger partial charge in [0.05, 0.1) is 17.3 Å². The Kier molecular flexibility index (Phi) is 6.68. The minimum atomic E-state index is -0.916. The van der Waals surface area contributed by atoms with Crippen molar-refractivity contribution >= 4 is 29.4 Å². The van der Waals surface area contributed by atoms with Crippen LogP contribution in [0.25, 0.3) is 0 Å². The molecule has 0 aromatic heterocycles. The third-order valence-electron chi connectivity index (χ3n) is 6.90. The Hall–Kier alpha value is -3.68. The molecule has 0 radical (unpaired) electrons. The van der Waals surface area contributed by atoms with Crippen molar-refractivity contribution in [2.75, 3.05) is 11.9 Å². The number of anilines is 1. The predicted octanol–water partition coefficient (Wildman–Crippen LogP) is 3.62. The number of hydrogen-bond donors (Lipinski definition) is 3. The van der Waals surface area contributed by atoms with Crippen molar-refractivity contribution in [3.8, 4) is 0 Å². The zero-order chi connectivity index (χ0) is 24.3. The monoisotopic (exact) mass is 462 g/mol. The molecule has 2 aromatic rings. The first-order valence-corrected chi connectivity index (χ1v) is 11.7. The van der Waals surface area contributed by atoms with E-state index in [1.54, 1.807) is 24.3 Å². The van der Waals surface area contributed by atoms with E-state index in [0.29, 0.717) is 17.7 Å². The lowest BCUT2D eigenvalue weighted by atomic mass is 9.73. The minimum absolute atomic E-state index is 0.0155. The molecule has 2 fully saturated rings. The van der Waals surface area contributed by atoms with Gasteiger partial charge in [-0.25, -0.2) is 4.79 Å². The SMILES string of the molecule is C[C@H](NC(=O)c1ccccc1NC(=O)CN1C(=O)N[C@]2(CCCC[C@@H]2C)C1=O)c1ccccc1. The molecule has 3 N–H and O–H groups in total. The van der Waals surface area contributed by atoms with Gasteiger partial charge in [0.1, 0.15) is 12.1 Å². The summed E-state index contributed by atoms with van der Waals surface area (Å²) < 4.78 is 0. The summed E-state index contributed by atoms with van der Waals surface area (Å²) in [5.41, 5.74) is 0.661. The van der Waals surface area contributed by atoms with Crippen LogP contribution in [0.3, 0.4) is 0 Å². The van der Waals surface area contributed by atoms with Gasteiger partial charge in [0, 0.05) is 0 Å². The molecule has 2 aromatic carbocycles. The van der Waals surface area contributed by atoms with E-state index in [9.17, 15) is 19.2 Å². The fourth-order valence-corrected chi connectivity index (χ4v) is 4.86. The van der Waals surface area contributed by atoms with Crippen LogP contribution in [0.2, 0.25) is 0 Å². The summed E-state index contributed by atoms with van der Waals surface area (Å²) in [5, 5.41) is 8.49. The Bertz CT molecular complexity index is 1100. The number of carbonyl (C=O) groups excluding carboxylic acids is 4. The van der Waals surface area contributed by atoms with Crippen LogP contribution in [0.4, 0.5) is 10.5 Å². The minimum Gasteiger partial charge on any atom is -0.345 e. The summed E-state index contributed by atoms with van der Waals surface area (Å²) in [7, 11) is 0. The molecular weight excluding hydrogens is 432 g/mol. The molecule has 8 heteroatoms. The predicted molar refractivity (Wildman–Crippen MR) is 128 cm³/mol. The Morgan fingerprint density at radius 3 is 2.53 bits per heavy atom. The van der Waals surface area contributed by atoms with Crippen LogP contribution >= 0.6 is 0 Å². The van der Waals surface area contributed by atoms with Crippen LogP contribution < -0.4 is 16.0 Å². The van der Waals surface area contributed by atoms with E-state index in [1.165, 1.54) is 0 Å². The number of imide groups is 1. The molecule has 8 nitrogen and oxygen atoms in total. The van der Waals surface area contributed by atoms with E-state index in [1.807, 2.05) is 44.2 Å². The van der Waals surface area contributed by atoms with Gasteiger partial charge >= 0.3 is 6.03 Å². The van der Waals surface area contributed by atoms with E-state index in [0.717, 1.165) is 29.7 Å². The first-order valence-electron chi connectivity index (χ1n) is 11.7. The van der Waals surface area contributed by atoms with Crippen molar-refractivity contribution in [2.45, 2.75) is 51.1 Å². The standard InChI is InChI=1S/C26H30N4O4/c1-17-10-8-9-15-26(17)24(33)30(25(34)29-26)16-22(31)28-21-14-7-6-13-20(21)23(32)27-18(2)19-11-4-3-5-12-19/h3-7,11-14,17-18H,8-10,15-16H2,1-2H3,(H,27,32)(H,28,31)(H,29,34)/t17-,18-,26-/m0/s1. The van der Waals surface area contributed by atoms with Gasteiger partial charge in [0.25, 0.3) is 11.8 Å². The number of amides is 5. The molecule has 1 spiro atoms. The number of urea groups is 1. The lowest BCUT2D eigenvalue weighted by Crippen LogP contribution is -2.54. The number of nitrogens with one attached hydrogen (secondary N) is 3. The van der Waals surface area contributed by atoms with Crippen molar-refractivity contribution in [2.24, 2.45) is 5.92 Å². The van der Waals surface area contributed by atoms with Crippen molar-refractivity contribution in [3.63, 3.8) is 0 Å². The number of carbonyl (C=O) groups is 4. The van der Waals surface area contributed by atoms with Gasteiger partial charge in [-0.3, -0.25) is 19.3 Å². The summed E-state index contributed by atoms with van der Waals surface area (Å²) in [6.45, 7) is 3.44. The molecule has 1 aliphatic carbocycles. The van der Waals surface area contributed by atoms with E-state index >= 15 is 0 Å². The van der Waals surface area contributed by atoms with Crippen LogP contribution in [0.5, 0.6) is 0 Å². The quantitative estimate of drug-likeness (QED) is 0.570. The summed E-state index contributed by atoms with van der Waals surface area (Å²) in [6, 6.07) is 15.5. The summed E-state index contributed by atoms with van der Waals surface area (Å²) >= 11 is 0. The summed E-state index contributed by atoms with van der Waals surface area (Å²) in [6.07, 6.45) is 3.32. The van der Waals surface area contributed by atoms with Gasteiger partial charge in [0.2, 0.25) is 5.91 Å². The van der Waals surface area contributed by atoms with Gasteiger partial charge < -0.3 is 16.0 Å². The Morgan fingerprint density at radius 2 is 1.79 bits per heavy atom. The van der Waals surface area contributed by atoms with Crippen molar-refractivity contribution in [1.29, 1.82) is 0 Å². The molecule has 0 unspecified atom stereocenters. The normalized spacial score (nSPS) is 22.9.